The highest BCUT2D eigenvalue weighted by Crippen LogP contribution is 2.24. The Morgan fingerprint density at radius 2 is 2.00 bits per heavy atom. The molecule has 0 bridgehead atoms. The summed E-state index contributed by atoms with van der Waals surface area (Å²) in [6, 6.07) is 7.82. The van der Waals surface area contributed by atoms with Gasteiger partial charge in [0.25, 0.3) is 0 Å². The van der Waals surface area contributed by atoms with Crippen LogP contribution in [0.3, 0.4) is 0 Å². The number of hydrogen-bond donors (Lipinski definition) is 1. The predicted octanol–water partition coefficient (Wildman–Crippen LogP) is 3.03. The van der Waals surface area contributed by atoms with Crippen molar-refractivity contribution in [2.45, 2.75) is 6.54 Å². The largest absolute Gasteiger partial charge is 0.497 e. The van der Waals surface area contributed by atoms with Crippen LogP contribution in [-0.2, 0) is 6.54 Å². The molecule has 20 heavy (non-hydrogen) atoms. The SMILES string of the molecule is COc1ccc(NCc2c(OC)nc3sccn23)cc1. The second-order valence-electron chi connectivity index (χ2n) is 4.21. The van der Waals surface area contributed by atoms with E-state index in [-0.39, 0.29) is 0 Å². The lowest BCUT2D eigenvalue weighted by atomic mass is 10.3. The van der Waals surface area contributed by atoms with Gasteiger partial charge in [-0.3, -0.25) is 4.40 Å². The Bertz CT molecular complexity index is 703. The van der Waals surface area contributed by atoms with Gasteiger partial charge in [0.2, 0.25) is 5.88 Å². The highest BCUT2D eigenvalue weighted by Gasteiger charge is 2.13. The summed E-state index contributed by atoms with van der Waals surface area (Å²) in [7, 11) is 3.30. The van der Waals surface area contributed by atoms with Gasteiger partial charge in [0.1, 0.15) is 11.4 Å². The lowest BCUT2D eigenvalue weighted by Crippen LogP contribution is -2.03. The van der Waals surface area contributed by atoms with Crippen molar-refractivity contribution in [1.29, 1.82) is 0 Å². The molecule has 0 atom stereocenters. The van der Waals surface area contributed by atoms with E-state index in [1.54, 1.807) is 25.6 Å². The first-order valence-electron chi connectivity index (χ1n) is 6.18. The molecule has 2 aromatic heterocycles. The fourth-order valence-corrected chi connectivity index (χ4v) is 2.76. The van der Waals surface area contributed by atoms with Crippen molar-refractivity contribution < 1.29 is 9.47 Å². The van der Waals surface area contributed by atoms with Crippen molar-refractivity contribution in [3.8, 4) is 11.6 Å². The van der Waals surface area contributed by atoms with Crippen molar-refractivity contribution in [3.63, 3.8) is 0 Å². The third-order valence-corrected chi connectivity index (χ3v) is 3.82. The second-order valence-corrected chi connectivity index (χ2v) is 5.08. The molecule has 0 aliphatic carbocycles. The number of rotatable bonds is 5. The van der Waals surface area contributed by atoms with E-state index in [4.69, 9.17) is 9.47 Å². The number of imidazole rings is 1. The average Bonchev–Trinajstić information content (AvgIpc) is 3.06. The number of nitrogens with zero attached hydrogens (tertiary/aromatic N) is 2. The molecule has 0 saturated carbocycles. The molecule has 0 aliphatic heterocycles. The first kappa shape index (κ1) is 12.8. The molecule has 3 aromatic rings. The smallest absolute Gasteiger partial charge is 0.238 e. The van der Waals surface area contributed by atoms with Crippen LogP contribution < -0.4 is 14.8 Å². The Morgan fingerprint density at radius 3 is 2.70 bits per heavy atom. The molecule has 0 spiro atoms. The molecule has 0 aliphatic rings. The van der Waals surface area contributed by atoms with Crippen LogP contribution in [0.25, 0.3) is 4.96 Å². The van der Waals surface area contributed by atoms with E-state index >= 15 is 0 Å². The molecule has 0 unspecified atom stereocenters. The molecule has 2 heterocycles. The quantitative estimate of drug-likeness (QED) is 0.784. The van der Waals surface area contributed by atoms with Crippen LogP contribution in [0.4, 0.5) is 5.69 Å². The van der Waals surface area contributed by atoms with E-state index in [1.165, 1.54) is 0 Å². The Morgan fingerprint density at radius 1 is 1.20 bits per heavy atom. The molecule has 3 rings (SSSR count). The predicted molar refractivity (Wildman–Crippen MR) is 79.9 cm³/mol. The minimum absolute atomic E-state index is 0.646. The number of aromatic nitrogens is 2. The average molecular weight is 289 g/mol. The van der Waals surface area contributed by atoms with Crippen molar-refractivity contribution >= 4 is 22.0 Å². The fourth-order valence-electron chi connectivity index (χ4n) is 2.03. The molecule has 1 aromatic carbocycles. The van der Waals surface area contributed by atoms with Gasteiger partial charge in [-0.1, -0.05) is 0 Å². The minimum Gasteiger partial charge on any atom is -0.497 e. The van der Waals surface area contributed by atoms with Crippen LogP contribution in [0.2, 0.25) is 0 Å². The van der Waals surface area contributed by atoms with Gasteiger partial charge in [-0.2, -0.15) is 4.98 Å². The summed E-state index contributed by atoms with van der Waals surface area (Å²) < 4.78 is 12.5. The summed E-state index contributed by atoms with van der Waals surface area (Å²) in [5.41, 5.74) is 2.04. The van der Waals surface area contributed by atoms with Gasteiger partial charge in [-0.25, -0.2) is 0 Å². The van der Waals surface area contributed by atoms with E-state index in [0.29, 0.717) is 12.4 Å². The van der Waals surface area contributed by atoms with Crippen molar-refractivity contribution in [1.82, 2.24) is 9.38 Å². The molecule has 5 nitrogen and oxygen atoms in total. The number of nitrogens with one attached hydrogen (secondary N) is 1. The number of methoxy groups -OCH3 is 2. The number of thiazole rings is 1. The molecule has 0 fully saturated rings. The van der Waals surface area contributed by atoms with Gasteiger partial charge in [0, 0.05) is 17.3 Å². The van der Waals surface area contributed by atoms with Gasteiger partial charge in [-0.15, -0.1) is 11.3 Å². The Balaban J connectivity index is 1.80. The van der Waals surface area contributed by atoms with E-state index in [9.17, 15) is 0 Å². The zero-order chi connectivity index (χ0) is 13.9. The van der Waals surface area contributed by atoms with Crippen LogP contribution in [0.1, 0.15) is 5.69 Å². The molecule has 104 valence electrons. The molecule has 6 heteroatoms. The minimum atomic E-state index is 0.646. The summed E-state index contributed by atoms with van der Waals surface area (Å²) in [5.74, 6) is 1.51. The maximum Gasteiger partial charge on any atom is 0.238 e. The second kappa shape index (κ2) is 5.42. The summed E-state index contributed by atoms with van der Waals surface area (Å²) >= 11 is 1.59. The van der Waals surface area contributed by atoms with Gasteiger partial charge in [0.05, 0.1) is 20.8 Å². The van der Waals surface area contributed by atoms with Crippen molar-refractivity contribution in [2.75, 3.05) is 19.5 Å². The summed E-state index contributed by atoms with van der Waals surface area (Å²) in [5, 5.41) is 5.38. The maximum absolute atomic E-state index is 5.33. The van der Waals surface area contributed by atoms with Crippen LogP contribution in [0, 0.1) is 0 Å². The van der Waals surface area contributed by atoms with Crippen molar-refractivity contribution in [2.24, 2.45) is 0 Å². The summed E-state index contributed by atoms with van der Waals surface area (Å²) in [6.07, 6.45) is 2.00. The number of fused-ring (bicyclic) bond motifs is 1. The maximum atomic E-state index is 5.33. The highest BCUT2D eigenvalue weighted by atomic mass is 32.1. The van der Waals surface area contributed by atoms with E-state index in [2.05, 4.69) is 10.3 Å². The van der Waals surface area contributed by atoms with Crippen LogP contribution in [-0.4, -0.2) is 23.6 Å². The van der Waals surface area contributed by atoms with Crippen LogP contribution >= 0.6 is 11.3 Å². The van der Waals surface area contributed by atoms with Crippen LogP contribution in [0.15, 0.2) is 35.8 Å². The Kier molecular flexibility index (Phi) is 3.47. The van der Waals surface area contributed by atoms with Gasteiger partial charge in [-0.05, 0) is 24.3 Å². The number of ether oxygens (including phenoxy) is 2. The van der Waals surface area contributed by atoms with E-state index in [0.717, 1.165) is 22.1 Å². The van der Waals surface area contributed by atoms with Gasteiger partial charge >= 0.3 is 0 Å². The Hall–Kier alpha value is -2.21. The molecule has 0 amide bonds. The first-order chi connectivity index (χ1) is 9.81. The van der Waals surface area contributed by atoms with E-state index < -0.39 is 0 Å². The zero-order valence-electron chi connectivity index (χ0n) is 11.3. The summed E-state index contributed by atoms with van der Waals surface area (Å²) in [4.78, 5) is 5.37. The third-order valence-electron chi connectivity index (χ3n) is 3.07. The standard InChI is InChI=1S/C14H15N3O2S/c1-18-11-5-3-10(4-6-11)15-9-12-13(19-2)16-14-17(12)7-8-20-14/h3-8,15H,9H2,1-2H3. The normalized spacial score (nSPS) is 10.7. The van der Waals surface area contributed by atoms with Gasteiger partial charge in [0.15, 0.2) is 4.96 Å². The molecule has 1 N–H and O–H groups in total. The lowest BCUT2D eigenvalue weighted by Gasteiger charge is -2.08. The Labute approximate surface area is 120 Å². The summed E-state index contributed by atoms with van der Waals surface area (Å²) in [6.45, 7) is 0.646. The number of anilines is 1. The lowest BCUT2D eigenvalue weighted by molar-refractivity contribution is 0.395. The number of hydrogen-bond acceptors (Lipinski definition) is 5. The van der Waals surface area contributed by atoms with Crippen LogP contribution in [0.5, 0.6) is 11.6 Å². The van der Waals surface area contributed by atoms with Gasteiger partial charge < -0.3 is 14.8 Å². The molecular weight excluding hydrogens is 274 g/mol. The third kappa shape index (κ3) is 2.30. The fraction of sp³-hybridized carbons (Fsp3) is 0.214. The zero-order valence-corrected chi connectivity index (χ0v) is 12.1. The molecule has 0 saturated heterocycles. The molecule has 0 radical (unpaired) electrons. The van der Waals surface area contributed by atoms with E-state index in [1.807, 2.05) is 40.2 Å². The van der Waals surface area contributed by atoms with Crippen molar-refractivity contribution in [3.05, 3.63) is 41.5 Å². The topological polar surface area (TPSA) is 47.8 Å². The monoisotopic (exact) mass is 289 g/mol. The molecular formula is C14H15N3O2S. The first-order valence-corrected chi connectivity index (χ1v) is 7.06. The highest BCUT2D eigenvalue weighted by molar-refractivity contribution is 7.15. The number of benzene rings is 1.